The largest absolute Gasteiger partial charge is 0.358 e. The summed E-state index contributed by atoms with van der Waals surface area (Å²) in [6.07, 6.45) is -10.4. The fourth-order valence-corrected chi connectivity index (χ4v) is 6.24. The molecule has 4 unspecified atom stereocenters. The molecule has 0 N–H and O–H groups in total. The number of halogens is 8. The predicted octanol–water partition coefficient (Wildman–Crippen LogP) is 7.81. The minimum atomic E-state index is -3.77. The molecule has 37 heavy (non-hydrogen) atoms. The lowest BCUT2D eigenvalue weighted by Crippen LogP contribution is -2.47. The van der Waals surface area contributed by atoms with Crippen LogP contribution in [0.5, 0.6) is 0 Å². The van der Waals surface area contributed by atoms with E-state index >= 15 is 0 Å². The van der Waals surface area contributed by atoms with Gasteiger partial charge < -0.3 is 18.9 Å². The van der Waals surface area contributed by atoms with Crippen molar-refractivity contribution in [3.05, 3.63) is 0 Å². The maximum atomic E-state index is 13.6. The van der Waals surface area contributed by atoms with Gasteiger partial charge in [-0.15, -0.1) is 0 Å². The van der Waals surface area contributed by atoms with Crippen LogP contribution < -0.4 is 0 Å². The minimum Gasteiger partial charge on any atom is -0.324 e. The highest BCUT2D eigenvalue weighted by molar-refractivity contribution is 4.90. The van der Waals surface area contributed by atoms with E-state index in [1.807, 2.05) is 0 Å². The van der Waals surface area contributed by atoms with Gasteiger partial charge in [0, 0.05) is 28.4 Å². The van der Waals surface area contributed by atoms with Crippen molar-refractivity contribution in [3.8, 4) is 0 Å². The van der Waals surface area contributed by atoms with Crippen LogP contribution in [0.1, 0.15) is 64.7 Å². The van der Waals surface area contributed by atoms with Crippen molar-refractivity contribution in [3.63, 3.8) is 0 Å². The Labute approximate surface area is 213 Å². The minimum absolute atomic E-state index is 0.524. The molecule has 0 aromatic carbocycles. The molecule has 0 heterocycles. The first-order valence-electron chi connectivity index (χ1n) is 12.7. The van der Waals surface area contributed by atoms with E-state index in [0.717, 1.165) is 25.9 Å². The van der Waals surface area contributed by atoms with Gasteiger partial charge in [-0.05, 0) is 69.1 Å². The molecule has 220 valence electrons. The third-order valence-corrected chi connectivity index (χ3v) is 8.57. The number of alkyl halides is 8. The molecule has 3 fully saturated rings. The Morgan fingerprint density at radius 2 is 0.757 bits per heavy atom. The molecule has 0 bridgehead atoms. The van der Waals surface area contributed by atoms with Crippen molar-refractivity contribution in [2.45, 2.75) is 89.1 Å². The molecule has 12 heteroatoms. The lowest BCUT2D eigenvalue weighted by Gasteiger charge is -2.42. The number of ether oxygens (including phenoxy) is 4. The third-order valence-electron chi connectivity index (χ3n) is 8.57. The van der Waals surface area contributed by atoms with Gasteiger partial charge in [-0.2, -0.15) is 35.1 Å². The topological polar surface area (TPSA) is 36.9 Å². The van der Waals surface area contributed by atoms with Gasteiger partial charge >= 0.3 is 24.4 Å². The molecule has 3 aliphatic carbocycles. The van der Waals surface area contributed by atoms with Crippen LogP contribution in [0.2, 0.25) is 0 Å². The molecule has 3 saturated carbocycles. The van der Waals surface area contributed by atoms with Crippen LogP contribution in [0.4, 0.5) is 35.1 Å². The Hall–Kier alpha value is -0.720. The second kappa shape index (κ2) is 12.6. The molecular weight excluding hydrogens is 516 g/mol. The summed E-state index contributed by atoms with van der Waals surface area (Å²) in [6, 6.07) is 0. The van der Waals surface area contributed by atoms with Gasteiger partial charge in [0.15, 0.2) is 0 Å². The standard InChI is InChI=1S/C13H22F2O.C12H18F6O3/c1-9-3-4-11-8-12(13(14,15)16-2)6-5-10(11)7-9;1-19-10(13,14)7-4-8(11(15,16)20-2)6-9(5-7)12(17,18)21-3/h9-12H,3-8H2,1-2H3;7-9H,4-6H2,1-3H3. The zero-order chi connectivity index (χ0) is 28.2. The van der Waals surface area contributed by atoms with Crippen molar-refractivity contribution >= 4 is 0 Å². The van der Waals surface area contributed by atoms with E-state index in [1.54, 1.807) is 0 Å². The summed E-state index contributed by atoms with van der Waals surface area (Å²) in [6.45, 7) is 2.28. The Kier molecular flexibility index (Phi) is 11.1. The van der Waals surface area contributed by atoms with Crippen LogP contribution in [0.3, 0.4) is 0 Å². The molecule has 0 saturated heterocycles. The van der Waals surface area contributed by atoms with E-state index in [-0.39, 0.29) is 0 Å². The van der Waals surface area contributed by atoms with E-state index in [9.17, 15) is 35.1 Å². The summed E-state index contributed by atoms with van der Waals surface area (Å²) >= 11 is 0. The first-order chi connectivity index (χ1) is 17.0. The average molecular weight is 557 g/mol. The van der Waals surface area contributed by atoms with E-state index < -0.39 is 67.4 Å². The molecule has 4 nitrogen and oxygen atoms in total. The fourth-order valence-electron chi connectivity index (χ4n) is 6.24. The maximum Gasteiger partial charge on any atom is 0.358 e. The van der Waals surface area contributed by atoms with Crippen LogP contribution in [-0.4, -0.2) is 52.9 Å². The van der Waals surface area contributed by atoms with Gasteiger partial charge in [0.2, 0.25) is 0 Å². The molecular formula is C25H40F8O4. The normalized spacial score (nSPS) is 33.8. The van der Waals surface area contributed by atoms with Crippen LogP contribution >= 0.6 is 0 Å². The zero-order valence-electron chi connectivity index (χ0n) is 22.1. The van der Waals surface area contributed by atoms with Crippen LogP contribution in [-0.2, 0) is 18.9 Å². The van der Waals surface area contributed by atoms with Crippen molar-refractivity contribution in [2.75, 3.05) is 28.4 Å². The first-order valence-corrected chi connectivity index (χ1v) is 12.7. The third kappa shape index (κ3) is 8.14. The van der Waals surface area contributed by atoms with E-state index in [4.69, 9.17) is 0 Å². The van der Waals surface area contributed by atoms with Gasteiger partial charge in [0.1, 0.15) is 0 Å². The molecule has 4 atom stereocenters. The van der Waals surface area contributed by atoms with Gasteiger partial charge in [-0.25, -0.2) is 0 Å². The highest BCUT2D eigenvalue weighted by atomic mass is 19.3. The van der Waals surface area contributed by atoms with E-state index in [2.05, 4.69) is 25.9 Å². The molecule has 3 aliphatic rings. The zero-order valence-corrected chi connectivity index (χ0v) is 22.1. The van der Waals surface area contributed by atoms with Crippen molar-refractivity contribution in [1.82, 2.24) is 0 Å². The van der Waals surface area contributed by atoms with Gasteiger partial charge in [0.25, 0.3) is 0 Å². The fraction of sp³-hybridized carbons (Fsp3) is 1.00. The Morgan fingerprint density at radius 1 is 0.432 bits per heavy atom. The summed E-state index contributed by atoms with van der Waals surface area (Å²) < 4.78 is 125. The molecule has 0 aliphatic heterocycles. The number of rotatable bonds is 8. The number of hydrogen-bond acceptors (Lipinski definition) is 4. The van der Waals surface area contributed by atoms with Crippen LogP contribution in [0.15, 0.2) is 0 Å². The van der Waals surface area contributed by atoms with Crippen LogP contribution in [0, 0.1) is 41.4 Å². The van der Waals surface area contributed by atoms with Gasteiger partial charge in [-0.3, -0.25) is 0 Å². The second-order valence-electron chi connectivity index (χ2n) is 10.8. The Morgan fingerprint density at radius 3 is 1.14 bits per heavy atom. The number of hydrogen-bond donors (Lipinski definition) is 0. The lowest BCUT2D eigenvalue weighted by atomic mass is 9.65. The van der Waals surface area contributed by atoms with Gasteiger partial charge in [-0.1, -0.05) is 13.3 Å². The molecule has 0 aromatic rings. The summed E-state index contributed by atoms with van der Waals surface area (Å²) in [7, 11) is 3.21. The summed E-state index contributed by atoms with van der Waals surface area (Å²) in [5.74, 6) is -3.84. The van der Waals surface area contributed by atoms with Crippen molar-refractivity contribution in [2.24, 2.45) is 41.4 Å². The number of methoxy groups -OCH3 is 4. The summed E-state index contributed by atoms with van der Waals surface area (Å²) in [4.78, 5) is 0. The highest BCUT2D eigenvalue weighted by Gasteiger charge is 2.56. The first kappa shape index (κ1) is 32.5. The maximum absolute atomic E-state index is 13.6. The van der Waals surface area contributed by atoms with Crippen LogP contribution in [0.25, 0.3) is 0 Å². The predicted molar refractivity (Wildman–Crippen MR) is 119 cm³/mol. The van der Waals surface area contributed by atoms with Crippen molar-refractivity contribution in [1.29, 1.82) is 0 Å². The summed E-state index contributed by atoms with van der Waals surface area (Å²) in [5.41, 5.74) is 0. The van der Waals surface area contributed by atoms with Gasteiger partial charge in [0.05, 0.1) is 23.7 Å². The SMILES string of the molecule is COC(F)(F)C1CC(C(F)(F)OC)CC(C(F)(F)OC)C1.COC(F)(F)C1CCC2CC(C)CCC2C1. The molecule has 3 rings (SSSR count). The smallest absolute Gasteiger partial charge is 0.324 e. The Bertz CT molecular complexity index is 650. The van der Waals surface area contributed by atoms with E-state index in [0.29, 0.717) is 46.0 Å². The average Bonchev–Trinajstić information content (AvgIpc) is 2.88. The molecule has 0 spiro atoms. The monoisotopic (exact) mass is 556 g/mol. The summed E-state index contributed by atoms with van der Waals surface area (Å²) in [5, 5.41) is 0. The highest BCUT2D eigenvalue weighted by Crippen LogP contribution is 2.51. The lowest BCUT2D eigenvalue weighted by molar-refractivity contribution is -0.324. The quantitative estimate of drug-likeness (QED) is 0.286. The van der Waals surface area contributed by atoms with Crippen molar-refractivity contribution < 1.29 is 54.1 Å². The molecule has 0 amide bonds. The number of fused-ring (bicyclic) bond motifs is 1. The second-order valence-corrected chi connectivity index (χ2v) is 10.8. The molecule has 0 aromatic heterocycles. The molecule has 0 radical (unpaired) electrons. The van der Waals surface area contributed by atoms with E-state index in [1.165, 1.54) is 12.8 Å². The Balaban J connectivity index is 0.000000269.